The summed E-state index contributed by atoms with van der Waals surface area (Å²) in [5.41, 5.74) is 1.75. The minimum Gasteiger partial charge on any atom is -0.271 e. The Bertz CT molecular complexity index is 1200. The number of nitrogens with zero attached hydrogens (tertiary/aromatic N) is 3. The Balaban J connectivity index is 1.79. The molecule has 0 radical (unpaired) electrons. The van der Waals surface area contributed by atoms with Crippen LogP contribution in [-0.4, -0.2) is 20.9 Å². The van der Waals surface area contributed by atoms with Crippen molar-refractivity contribution in [2.45, 2.75) is 6.92 Å². The van der Waals surface area contributed by atoms with Gasteiger partial charge in [-0.25, -0.2) is 0 Å². The van der Waals surface area contributed by atoms with E-state index in [2.05, 4.69) is 97.1 Å². The highest BCUT2D eigenvalue weighted by molar-refractivity contribution is 7.85. The topological polar surface area (TPSA) is 47.8 Å². The minimum atomic E-state index is -1.01. The van der Waals surface area contributed by atoms with Gasteiger partial charge in [-0.1, -0.05) is 121 Å². The smallest absolute Gasteiger partial charge is 0.261 e. The largest absolute Gasteiger partial charge is 0.271 e. The quantitative estimate of drug-likeness (QED) is 0.351. The van der Waals surface area contributed by atoms with Crippen LogP contribution in [0.1, 0.15) is 11.7 Å². The summed E-state index contributed by atoms with van der Waals surface area (Å²) < 4.78 is 0. The summed E-state index contributed by atoms with van der Waals surface area (Å²) in [5.74, 6) is -0.195. The van der Waals surface area contributed by atoms with Crippen molar-refractivity contribution in [1.82, 2.24) is 15.0 Å². The fraction of sp³-hybridized carbons (Fsp3) is 0.0357. The lowest BCUT2D eigenvalue weighted by Gasteiger charge is -2.22. The molecule has 0 spiro atoms. The van der Waals surface area contributed by atoms with E-state index in [1.54, 1.807) is 0 Å². The summed E-state index contributed by atoms with van der Waals surface area (Å²) in [5, 5.41) is 14.4. The average Bonchev–Trinajstić information content (AvgIpc) is 3.32. The van der Waals surface area contributed by atoms with E-state index in [-0.39, 0.29) is 5.91 Å². The lowest BCUT2D eigenvalue weighted by atomic mass is 10.4. The van der Waals surface area contributed by atoms with Crippen molar-refractivity contribution in [1.29, 1.82) is 0 Å². The van der Waals surface area contributed by atoms with Crippen molar-refractivity contribution >= 4 is 53.8 Å². The van der Waals surface area contributed by atoms with Gasteiger partial charge in [0.15, 0.2) is 0 Å². The summed E-state index contributed by atoms with van der Waals surface area (Å²) in [6, 6.07) is 41.7. The third-order valence-corrected chi connectivity index (χ3v) is 10.2. The predicted octanol–water partition coefficient (Wildman–Crippen LogP) is 3.45. The number of benzene rings is 4. The molecule has 0 saturated heterocycles. The molecule has 0 bridgehead atoms. The van der Waals surface area contributed by atoms with Gasteiger partial charge in [0.25, 0.3) is 5.91 Å². The zero-order valence-corrected chi connectivity index (χ0v) is 20.5. The van der Waals surface area contributed by atoms with Crippen molar-refractivity contribution in [2.24, 2.45) is 0 Å². The molecule has 5 rings (SSSR count). The molecule has 0 fully saturated rings. The molecule has 0 atom stereocenters. The maximum absolute atomic E-state index is 12.5. The highest BCUT2D eigenvalue weighted by atomic mass is 31.1. The molecule has 6 heteroatoms. The number of aromatic nitrogens is 3. The van der Waals surface area contributed by atoms with E-state index in [9.17, 15) is 4.79 Å². The first-order valence-corrected chi connectivity index (χ1v) is 13.7. The van der Waals surface area contributed by atoms with Crippen LogP contribution in [0.4, 0.5) is 0 Å². The Hall–Kier alpha value is -3.45. The molecule has 0 saturated carbocycles. The second-order valence-electron chi connectivity index (χ2n) is 7.67. The van der Waals surface area contributed by atoms with Crippen LogP contribution in [0.3, 0.4) is 0 Å². The van der Waals surface area contributed by atoms with Crippen LogP contribution < -0.4 is 32.1 Å². The van der Waals surface area contributed by atoms with Gasteiger partial charge in [0.2, 0.25) is 0 Å². The van der Waals surface area contributed by atoms with Gasteiger partial charge in [-0.2, -0.15) is 0 Å². The second kappa shape index (κ2) is 10.2. The number of hydrogen-bond donors (Lipinski definition) is 0. The molecule has 1 aromatic heterocycles. The summed E-state index contributed by atoms with van der Waals surface area (Å²) in [6.45, 7) is 1.51. The van der Waals surface area contributed by atoms with E-state index >= 15 is 0 Å². The van der Waals surface area contributed by atoms with Crippen LogP contribution in [0, 0.1) is 0 Å². The van der Waals surface area contributed by atoms with Crippen molar-refractivity contribution in [3.8, 4) is 0 Å². The van der Waals surface area contributed by atoms with Gasteiger partial charge in [-0.3, -0.25) is 4.79 Å². The summed E-state index contributed by atoms with van der Waals surface area (Å²) in [7, 11) is -2.03. The van der Waals surface area contributed by atoms with Crippen LogP contribution >= 0.6 is 15.8 Å². The Labute approximate surface area is 201 Å². The molecule has 0 N–H and O–H groups in total. The van der Waals surface area contributed by atoms with Gasteiger partial charge in [0.1, 0.15) is 10.9 Å². The Kier molecular flexibility index (Phi) is 6.72. The molecule has 0 amide bonds. The van der Waals surface area contributed by atoms with Crippen molar-refractivity contribution in [3.63, 3.8) is 0 Å². The first-order valence-electron chi connectivity index (χ1n) is 11.0. The fourth-order valence-electron chi connectivity index (χ4n) is 3.82. The number of rotatable bonds is 6. The molecule has 0 aliphatic carbocycles. The first kappa shape index (κ1) is 22.3. The van der Waals surface area contributed by atoms with Crippen molar-refractivity contribution < 1.29 is 4.79 Å². The molecule has 4 aromatic carbocycles. The molecule has 0 aliphatic heterocycles. The lowest BCUT2D eigenvalue weighted by molar-refractivity contribution is 0.0904. The maximum atomic E-state index is 12.5. The van der Waals surface area contributed by atoms with Crippen LogP contribution in [0.5, 0.6) is 0 Å². The van der Waals surface area contributed by atoms with Gasteiger partial charge in [-0.15, -0.1) is 15.0 Å². The fourth-order valence-corrected chi connectivity index (χ4v) is 8.71. The van der Waals surface area contributed by atoms with E-state index in [0.29, 0.717) is 0 Å². The number of carbonyl (C=O) groups is 1. The van der Waals surface area contributed by atoms with E-state index in [0.717, 1.165) is 10.9 Å². The maximum Gasteiger partial charge on any atom is 0.261 e. The third kappa shape index (κ3) is 4.61. The van der Waals surface area contributed by atoms with Crippen molar-refractivity contribution in [2.75, 3.05) is 0 Å². The summed E-state index contributed by atoms with van der Waals surface area (Å²) in [6.07, 6.45) is 0. The summed E-state index contributed by atoms with van der Waals surface area (Å²) >= 11 is 0. The Morgan fingerprint density at radius 3 is 1.03 bits per heavy atom. The Morgan fingerprint density at radius 2 is 0.794 bits per heavy atom. The number of carbonyl (C=O) groups excluding carboxylic acids is 1. The average molecular weight is 479 g/mol. The van der Waals surface area contributed by atoms with E-state index < -0.39 is 15.8 Å². The monoisotopic (exact) mass is 479 g/mol. The van der Waals surface area contributed by atoms with Gasteiger partial charge in [0, 0.05) is 22.8 Å². The Morgan fingerprint density at radius 1 is 0.529 bits per heavy atom. The highest BCUT2D eigenvalue weighted by Crippen LogP contribution is 2.37. The van der Waals surface area contributed by atoms with Gasteiger partial charge < -0.3 is 0 Å². The van der Waals surface area contributed by atoms with E-state index in [4.69, 9.17) is 10.2 Å². The lowest BCUT2D eigenvalue weighted by Crippen LogP contribution is -2.35. The molecular weight excluding hydrogens is 456 g/mol. The molecule has 4 nitrogen and oxygen atoms in total. The highest BCUT2D eigenvalue weighted by Gasteiger charge is 2.31. The van der Waals surface area contributed by atoms with Gasteiger partial charge in [-0.05, 0) is 21.2 Å². The van der Waals surface area contributed by atoms with Crippen LogP contribution in [-0.2, 0) is 0 Å². The van der Waals surface area contributed by atoms with E-state index in [1.165, 1.54) is 32.9 Å². The molecule has 166 valence electrons. The minimum absolute atomic E-state index is 0.195. The van der Waals surface area contributed by atoms with Gasteiger partial charge in [0.05, 0.1) is 0 Å². The third-order valence-electron chi connectivity index (χ3n) is 5.34. The van der Waals surface area contributed by atoms with E-state index in [1.807, 2.05) is 24.3 Å². The normalized spacial score (nSPS) is 11.1. The zero-order chi connectivity index (χ0) is 23.3. The van der Waals surface area contributed by atoms with Crippen LogP contribution in [0.25, 0.3) is 0 Å². The standard InChI is InChI=1S/C28H23N3OP2/c1-22(32)31-29-27(33(23-14-6-2-7-15-23)24-16-8-3-9-17-24)28(30-31)34(25-18-10-4-11-19-25)26-20-12-5-13-21-26/h2-21H,1H3. The first-order chi connectivity index (χ1) is 16.7. The molecule has 1 heterocycles. The zero-order valence-electron chi connectivity index (χ0n) is 18.7. The second-order valence-corrected chi connectivity index (χ2v) is 11.9. The molecule has 5 aromatic rings. The molecule has 0 unspecified atom stereocenters. The van der Waals surface area contributed by atoms with Crippen LogP contribution in [0.15, 0.2) is 121 Å². The van der Waals surface area contributed by atoms with Gasteiger partial charge >= 0.3 is 0 Å². The molecule has 0 aliphatic rings. The molecular formula is C28H23N3OP2. The summed E-state index contributed by atoms with van der Waals surface area (Å²) in [4.78, 5) is 13.7. The van der Waals surface area contributed by atoms with Crippen molar-refractivity contribution in [3.05, 3.63) is 121 Å². The molecule has 34 heavy (non-hydrogen) atoms. The SMILES string of the molecule is CC(=O)n1nc(P(c2ccccc2)c2ccccc2)c(P(c2ccccc2)c2ccccc2)n1. The number of hydrogen-bond acceptors (Lipinski definition) is 3. The predicted molar refractivity (Wildman–Crippen MR) is 144 cm³/mol. The van der Waals surface area contributed by atoms with Crippen LogP contribution in [0.2, 0.25) is 0 Å².